The zero-order valence-electron chi connectivity index (χ0n) is 8.76. The molecule has 0 saturated carbocycles. The average Bonchev–Trinajstić information content (AvgIpc) is 2.64. The quantitative estimate of drug-likeness (QED) is 0.817. The van der Waals surface area contributed by atoms with Crippen molar-refractivity contribution in [2.24, 2.45) is 0 Å². The van der Waals surface area contributed by atoms with Crippen molar-refractivity contribution in [3.63, 3.8) is 0 Å². The van der Waals surface area contributed by atoms with Gasteiger partial charge in [-0.3, -0.25) is 0 Å². The molecule has 0 atom stereocenters. The SMILES string of the molecule is Cc1nsc(Sc2nccc(C)c2C#N)n1. The van der Waals surface area contributed by atoms with Crippen LogP contribution in [0.4, 0.5) is 0 Å². The molecule has 0 radical (unpaired) electrons. The molecule has 0 unspecified atom stereocenters. The van der Waals surface area contributed by atoms with Crippen LogP contribution < -0.4 is 0 Å². The lowest BCUT2D eigenvalue weighted by molar-refractivity contribution is 1.07. The molecule has 0 saturated heterocycles. The minimum atomic E-state index is 0.611. The van der Waals surface area contributed by atoms with Gasteiger partial charge in [-0.1, -0.05) is 0 Å². The monoisotopic (exact) mass is 248 g/mol. The number of hydrogen-bond donors (Lipinski definition) is 0. The zero-order chi connectivity index (χ0) is 11.5. The predicted octanol–water partition coefficient (Wildman–Crippen LogP) is 2.57. The predicted molar refractivity (Wildman–Crippen MR) is 62.5 cm³/mol. The first kappa shape index (κ1) is 11.0. The maximum absolute atomic E-state index is 9.05. The Balaban J connectivity index is 2.35. The molecular weight excluding hydrogens is 240 g/mol. The molecule has 0 aliphatic heterocycles. The smallest absolute Gasteiger partial charge is 0.176 e. The standard InChI is InChI=1S/C10H8N4S2/c1-6-3-4-12-9(8(6)5-11)15-10-13-7(2)14-16-10/h3-4H,1-2H3. The lowest BCUT2D eigenvalue weighted by Crippen LogP contribution is -1.89. The summed E-state index contributed by atoms with van der Waals surface area (Å²) >= 11 is 2.71. The summed E-state index contributed by atoms with van der Waals surface area (Å²) in [7, 11) is 0. The molecule has 0 aliphatic rings. The van der Waals surface area contributed by atoms with Crippen molar-refractivity contribution < 1.29 is 0 Å². The summed E-state index contributed by atoms with van der Waals surface area (Å²) in [4.78, 5) is 8.43. The summed E-state index contributed by atoms with van der Waals surface area (Å²) in [6.07, 6.45) is 1.70. The van der Waals surface area contributed by atoms with Gasteiger partial charge in [0.25, 0.3) is 0 Å². The van der Waals surface area contributed by atoms with Gasteiger partial charge in [-0.2, -0.15) is 9.64 Å². The fraction of sp³-hybridized carbons (Fsp3) is 0.200. The van der Waals surface area contributed by atoms with E-state index in [1.807, 2.05) is 19.9 Å². The Bertz CT molecular complexity index is 556. The molecule has 0 aromatic carbocycles. The first-order valence-corrected chi connectivity index (χ1v) is 6.13. The highest BCUT2D eigenvalue weighted by atomic mass is 32.2. The van der Waals surface area contributed by atoms with Gasteiger partial charge in [-0.15, -0.1) is 0 Å². The van der Waals surface area contributed by atoms with E-state index in [-0.39, 0.29) is 0 Å². The average molecular weight is 248 g/mol. The molecule has 0 spiro atoms. The largest absolute Gasteiger partial charge is 0.248 e. The first-order chi connectivity index (χ1) is 7.70. The van der Waals surface area contributed by atoms with Crippen molar-refractivity contribution in [2.75, 3.05) is 0 Å². The third-order valence-electron chi connectivity index (χ3n) is 1.93. The minimum absolute atomic E-state index is 0.611. The zero-order valence-corrected chi connectivity index (χ0v) is 10.4. The number of aryl methyl sites for hydroxylation is 2. The lowest BCUT2D eigenvalue weighted by atomic mass is 10.2. The molecular formula is C10H8N4S2. The topological polar surface area (TPSA) is 62.5 Å². The van der Waals surface area contributed by atoms with Crippen molar-refractivity contribution in [2.45, 2.75) is 23.2 Å². The van der Waals surface area contributed by atoms with Crippen LogP contribution in [-0.2, 0) is 0 Å². The molecule has 0 amide bonds. The molecule has 2 heterocycles. The molecule has 2 aromatic rings. The van der Waals surface area contributed by atoms with Gasteiger partial charge in [-0.05, 0) is 48.8 Å². The van der Waals surface area contributed by atoms with Gasteiger partial charge < -0.3 is 0 Å². The van der Waals surface area contributed by atoms with Crippen molar-refractivity contribution in [1.29, 1.82) is 5.26 Å². The third kappa shape index (κ3) is 2.21. The van der Waals surface area contributed by atoms with E-state index in [1.165, 1.54) is 23.3 Å². The van der Waals surface area contributed by atoms with Crippen LogP contribution in [-0.4, -0.2) is 14.3 Å². The molecule has 4 nitrogen and oxygen atoms in total. The Morgan fingerprint density at radius 1 is 1.44 bits per heavy atom. The molecule has 6 heteroatoms. The Hall–Kier alpha value is -1.45. The van der Waals surface area contributed by atoms with Crippen LogP contribution in [0.15, 0.2) is 21.6 Å². The molecule has 2 aromatic heterocycles. The Labute approximate surface area is 102 Å². The van der Waals surface area contributed by atoms with Gasteiger partial charge in [0.2, 0.25) is 0 Å². The summed E-state index contributed by atoms with van der Waals surface area (Å²) in [6.45, 7) is 3.74. The Morgan fingerprint density at radius 2 is 2.25 bits per heavy atom. The third-order valence-corrected chi connectivity index (χ3v) is 3.77. The van der Waals surface area contributed by atoms with Crippen LogP contribution in [0, 0.1) is 25.2 Å². The maximum atomic E-state index is 9.05. The van der Waals surface area contributed by atoms with Gasteiger partial charge in [0, 0.05) is 6.20 Å². The van der Waals surface area contributed by atoms with Crippen LogP contribution in [0.25, 0.3) is 0 Å². The van der Waals surface area contributed by atoms with Crippen molar-refractivity contribution in [1.82, 2.24) is 14.3 Å². The Morgan fingerprint density at radius 3 is 2.88 bits per heavy atom. The highest BCUT2D eigenvalue weighted by Gasteiger charge is 2.10. The van der Waals surface area contributed by atoms with Gasteiger partial charge in [0.15, 0.2) is 4.34 Å². The second-order valence-corrected chi connectivity index (χ2v) is 5.12. The van der Waals surface area contributed by atoms with E-state index in [9.17, 15) is 0 Å². The Kier molecular flexibility index (Phi) is 3.17. The maximum Gasteiger partial charge on any atom is 0.176 e. The van der Waals surface area contributed by atoms with Crippen LogP contribution in [0.3, 0.4) is 0 Å². The number of pyridine rings is 1. The van der Waals surface area contributed by atoms with Crippen molar-refractivity contribution in [3.05, 3.63) is 29.2 Å². The molecule has 0 aliphatic carbocycles. The van der Waals surface area contributed by atoms with Gasteiger partial charge >= 0.3 is 0 Å². The highest BCUT2D eigenvalue weighted by molar-refractivity contribution is 8.00. The normalized spacial score (nSPS) is 10.1. The van der Waals surface area contributed by atoms with E-state index in [0.29, 0.717) is 10.6 Å². The van der Waals surface area contributed by atoms with Crippen LogP contribution in [0.1, 0.15) is 17.0 Å². The number of nitriles is 1. The van der Waals surface area contributed by atoms with Crippen molar-refractivity contribution in [3.8, 4) is 6.07 Å². The summed E-state index contributed by atoms with van der Waals surface area (Å²) in [5.74, 6) is 0.749. The number of rotatable bonds is 2. The summed E-state index contributed by atoms with van der Waals surface area (Å²) in [5, 5.41) is 9.74. The fourth-order valence-corrected chi connectivity index (χ4v) is 2.84. The summed E-state index contributed by atoms with van der Waals surface area (Å²) in [6, 6.07) is 3.99. The fourth-order valence-electron chi connectivity index (χ4n) is 1.15. The molecule has 0 bridgehead atoms. The number of nitrogens with zero attached hydrogens (tertiary/aromatic N) is 4. The van der Waals surface area contributed by atoms with Gasteiger partial charge in [0.1, 0.15) is 16.9 Å². The molecule has 80 valence electrons. The first-order valence-electron chi connectivity index (χ1n) is 4.54. The van der Waals surface area contributed by atoms with E-state index in [1.54, 1.807) is 6.20 Å². The van der Waals surface area contributed by atoms with Crippen LogP contribution >= 0.6 is 23.3 Å². The van der Waals surface area contributed by atoms with E-state index in [4.69, 9.17) is 5.26 Å². The van der Waals surface area contributed by atoms with E-state index in [2.05, 4.69) is 20.4 Å². The molecule has 0 fully saturated rings. The second-order valence-electron chi connectivity index (χ2n) is 3.13. The molecule has 2 rings (SSSR count). The van der Waals surface area contributed by atoms with Crippen LogP contribution in [0.5, 0.6) is 0 Å². The van der Waals surface area contributed by atoms with E-state index < -0.39 is 0 Å². The second kappa shape index (κ2) is 4.60. The lowest BCUT2D eigenvalue weighted by Gasteiger charge is -2.01. The van der Waals surface area contributed by atoms with E-state index in [0.717, 1.165) is 15.7 Å². The highest BCUT2D eigenvalue weighted by Crippen LogP contribution is 2.30. The summed E-state index contributed by atoms with van der Waals surface area (Å²) < 4.78 is 4.90. The van der Waals surface area contributed by atoms with Gasteiger partial charge in [0.05, 0.1) is 5.56 Å². The molecule has 16 heavy (non-hydrogen) atoms. The minimum Gasteiger partial charge on any atom is -0.248 e. The van der Waals surface area contributed by atoms with Gasteiger partial charge in [-0.25, -0.2) is 9.97 Å². The van der Waals surface area contributed by atoms with Crippen LogP contribution in [0.2, 0.25) is 0 Å². The van der Waals surface area contributed by atoms with E-state index >= 15 is 0 Å². The number of hydrogen-bond acceptors (Lipinski definition) is 6. The number of aromatic nitrogens is 3. The van der Waals surface area contributed by atoms with Crippen molar-refractivity contribution >= 4 is 23.3 Å². The summed E-state index contributed by atoms with van der Waals surface area (Å²) in [5.41, 5.74) is 1.54. The molecule has 0 N–H and O–H groups in total.